The highest BCUT2D eigenvalue weighted by molar-refractivity contribution is 5.87. The Bertz CT molecular complexity index is 530. The Kier molecular flexibility index (Phi) is 6.56. The van der Waals surface area contributed by atoms with Gasteiger partial charge in [0.05, 0.1) is 6.61 Å². The number of anilines is 1. The van der Waals surface area contributed by atoms with Gasteiger partial charge in [-0.05, 0) is 51.5 Å². The molecule has 0 bridgehead atoms. The minimum atomic E-state index is -0.506. The number of ether oxygens (including phenoxy) is 2. The molecule has 1 aromatic heterocycles. The summed E-state index contributed by atoms with van der Waals surface area (Å²) in [7, 11) is 0. The lowest BCUT2D eigenvalue weighted by atomic mass is 10.2. The smallest absolute Gasteiger partial charge is 0.330 e. The summed E-state index contributed by atoms with van der Waals surface area (Å²) in [6, 6.07) is 3.50. The summed E-state index contributed by atoms with van der Waals surface area (Å²) in [5.74, 6) is -0.186. The van der Waals surface area contributed by atoms with E-state index in [4.69, 9.17) is 9.47 Å². The fourth-order valence-electron chi connectivity index (χ4n) is 1.50. The molecule has 0 spiro atoms. The van der Waals surface area contributed by atoms with Gasteiger partial charge in [0.25, 0.3) is 0 Å². The summed E-state index contributed by atoms with van der Waals surface area (Å²) < 4.78 is 9.96. The lowest BCUT2D eigenvalue weighted by Crippen LogP contribution is -2.28. The van der Waals surface area contributed by atoms with Gasteiger partial charge in [0.15, 0.2) is 0 Å². The zero-order valence-electron chi connectivity index (χ0n) is 13.4. The van der Waals surface area contributed by atoms with Crippen molar-refractivity contribution in [3.05, 3.63) is 30.0 Å². The van der Waals surface area contributed by atoms with Gasteiger partial charge in [0.1, 0.15) is 18.0 Å². The van der Waals surface area contributed by atoms with Crippen molar-refractivity contribution in [1.29, 1.82) is 0 Å². The molecule has 1 heterocycles. The van der Waals surface area contributed by atoms with Gasteiger partial charge in [-0.1, -0.05) is 0 Å². The second kappa shape index (κ2) is 8.17. The average molecular weight is 306 g/mol. The van der Waals surface area contributed by atoms with Crippen LogP contribution < -0.4 is 5.32 Å². The first-order valence-electron chi connectivity index (χ1n) is 7.07. The number of pyridine rings is 1. The molecule has 0 aromatic carbocycles. The molecule has 1 aromatic rings. The molecule has 0 aliphatic rings. The first kappa shape index (κ1) is 17.7. The lowest BCUT2D eigenvalue weighted by molar-refractivity contribution is -0.152. The van der Waals surface area contributed by atoms with Crippen LogP contribution in [0.25, 0.3) is 6.08 Å². The van der Waals surface area contributed by atoms with Gasteiger partial charge < -0.3 is 14.8 Å². The van der Waals surface area contributed by atoms with Crippen molar-refractivity contribution in [1.82, 2.24) is 4.98 Å². The van der Waals surface area contributed by atoms with E-state index in [0.717, 1.165) is 5.56 Å². The number of esters is 2. The van der Waals surface area contributed by atoms with Gasteiger partial charge in [0, 0.05) is 12.3 Å². The van der Waals surface area contributed by atoms with Crippen LogP contribution in [0.1, 0.15) is 33.3 Å². The SMILES string of the molecule is CCOC(=O)C=Cc1ccc(NCC(=O)OC(C)(C)C)nc1. The molecule has 0 unspecified atom stereocenters. The molecule has 0 amide bonds. The quantitative estimate of drug-likeness (QED) is 0.642. The van der Waals surface area contributed by atoms with E-state index < -0.39 is 11.6 Å². The van der Waals surface area contributed by atoms with Crippen LogP contribution in [0.2, 0.25) is 0 Å². The number of nitrogens with zero attached hydrogens (tertiary/aromatic N) is 1. The molecule has 0 fully saturated rings. The fourth-order valence-corrected chi connectivity index (χ4v) is 1.50. The van der Waals surface area contributed by atoms with Crippen LogP contribution >= 0.6 is 0 Å². The van der Waals surface area contributed by atoms with Crippen LogP contribution in [0.4, 0.5) is 5.82 Å². The minimum absolute atomic E-state index is 0.0439. The first-order chi connectivity index (χ1) is 10.3. The highest BCUT2D eigenvalue weighted by Gasteiger charge is 2.15. The van der Waals surface area contributed by atoms with Crippen LogP contribution in [0.3, 0.4) is 0 Å². The van der Waals surface area contributed by atoms with Crippen LogP contribution in [-0.2, 0) is 19.1 Å². The highest BCUT2D eigenvalue weighted by Crippen LogP contribution is 2.09. The molecular formula is C16H22N2O4. The number of aromatic nitrogens is 1. The second-order valence-corrected chi connectivity index (χ2v) is 5.50. The molecule has 0 radical (unpaired) electrons. The van der Waals surface area contributed by atoms with Crippen LogP contribution in [0.15, 0.2) is 24.4 Å². The molecule has 0 saturated carbocycles. The number of nitrogens with one attached hydrogen (secondary N) is 1. The molecule has 0 saturated heterocycles. The zero-order valence-corrected chi connectivity index (χ0v) is 13.4. The molecule has 6 nitrogen and oxygen atoms in total. The van der Waals surface area contributed by atoms with Gasteiger partial charge in [-0.3, -0.25) is 4.79 Å². The van der Waals surface area contributed by atoms with E-state index in [-0.39, 0.29) is 12.5 Å². The van der Waals surface area contributed by atoms with Crippen molar-refractivity contribution in [2.45, 2.75) is 33.3 Å². The van der Waals surface area contributed by atoms with Crippen molar-refractivity contribution in [2.75, 3.05) is 18.5 Å². The van der Waals surface area contributed by atoms with Gasteiger partial charge in [0.2, 0.25) is 0 Å². The normalized spacial score (nSPS) is 11.3. The predicted octanol–water partition coefficient (Wildman–Crippen LogP) is 2.41. The van der Waals surface area contributed by atoms with E-state index in [0.29, 0.717) is 12.4 Å². The van der Waals surface area contributed by atoms with Crippen LogP contribution in [0, 0.1) is 0 Å². The number of carbonyl (C=O) groups is 2. The van der Waals surface area contributed by atoms with E-state index >= 15 is 0 Å². The number of carbonyl (C=O) groups excluding carboxylic acids is 2. The van der Waals surface area contributed by atoms with Crippen molar-refractivity contribution in [3.63, 3.8) is 0 Å². The fraction of sp³-hybridized carbons (Fsp3) is 0.438. The van der Waals surface area contributed by atoms with Crippen LogP contribution in [0.5, 0.6) is 0 Å². The third-order valence-corrected chi connectivity index (χ3v) is 2.32. The Morgan fingerprint density at radius 2 is 2.05 bits per heavy atom. The summed E-state index contributed by atoms with van der Waals surface area (Å²) >= 11 is 0. The van der Waals surface area contributed by atoms with E-state index in [1.807, 2.05) is 20.8 Å². The molecule has 120 valence electrons. The maximum Gasteiger partial charge on any atom is 0.330 e. The average Bonchev–Trinajstić information content (AvgIpc) is 2.42. The van der Waals surface area contributed by atoms with Crippen LogP contribution in [-0.4, -0.2) is 35.7 Å². The minimum Gasteiger partial charge on any atom is -0.463 e. The predicted molar refractivity (Wildman–Crippen MR) is 84.2 cm³/mol. The van der Waals surface area contributed by atoms with Gasteiger partial charge in [-0.2, -0.15) is 0 Å². The van der Waals surface area contributed by atoms with E-state index in [1.165, 1.54) is 6.08 Å². The maximum atomic E-state index is 11.6. The monoisotopic (exact) mass is 306 g/mol. The molecule has 0 atom stereocenters. The van der Waals surface area contributed by atoms with E-state index in [9.17, 15) is 9.59 Å². The highest BCUT2D eigenvalue weighted by atomic mass is 16.6. The Morgan fingerprint density at radius 3 is 2.59 bits per heavy atom. The summed E-state index contributed by atoms with van der Waals surface area (Å²) in [6.45, 7) is 7.57. The Balaban J connectivity index is 2.48. The van der Waals surface area contributed by atoms with Gasteiger partial charge >= 0.3 is 11.9 Å². The molecule has 0 aliphatic heterocycles. The Labute approximate surface area is 130 Å². The molecular weight excluding hydrogens is 284 g/mol. The van der Waals surface area contributed by atoms with Crippen molar-refractivity contribution >= 4 is 23.8 Å². The lowest BCUT2D eigenvalue weighted by Gasteiger charge is -2.19. The number of hydrogen-bond acceptors (Lipinski definition) is 6. The molecule has 6 heteroatoms. The summed E-state index contributed by atoms with van der Waals surface area (Å²) in [6.07, 6.45) is 4.55. The topological polar surface area (TPSA) is 77.5 Å². The molecule has 22 heavy (non-hydrogen) atoms. The summed E-state index contributed by atoms with van der Waals surface area (Å²) in [5, 5.41) is 2.88. The molecule has 1 N–H and O–H groups in total. The first-order valence-corrected chi connectivity index (χ1v) is 7.07. The summed E-state index contributed by atoms with van der Waals surface area (Å²) in [5.41, 5.74) is 0.254. The van der Waals surface area contributed by atoms with Crippen molar-refractivity contribution in [2.24, 2.45) is 0 Å². The van der Waals surface area contributed by atoms with E-state index in [1.54, 1.807) is 31.3 Å². The number of hydrogen-bond donors (Lipinski definition) is 1. The second-order valence-electron chi connectivity index (χ2n) is 5.50. The van der Waals surface area contributed by atoms with Gasteiger partial charge in [-0.15, -0.1) is 0 Å². The molecule has 0 aliphatic carbocycles. The molecule has 1 rings (SSSR count). The zero-order chi connectivity index (χ0) is 16.6. The summed E-state index contributed by atoms with van der Waals surface area (Å²) in [4.78, 5) is 26.9. The largest absolute Gasteiger partial charge is 0.463 e. The third-order valence-electron chi connectivity index (χ3n) is 2.32. The van der Waals surface area contributed by atoms with Crippen molar-refractivity contribution in [3.8, 4) is 0 Å². The Hall–Kier alpha value is -2.37. The van der Waals surface area contributed by atoms with Gasteiger partial charge in [-0.25, -0.2) is 9.78 Å². The standard InChI is InChI=1S/C16H22N2O4/c1-5-21-14(19)9-7-12-6-8-13(17-10-12)18-11-15(20)22-16(2,3)4/h6-10H,5,11H2,1-4H3,(H,17,18). The third kappa shape index (κ3) is 7.42. The Morgan fingerprint density at radius 1 is 1.32 bits per heavy atom. The van der Waals surface area contributed by atoms with Crippen molar-refractivity contribution < 1.29 is 19.1 Å². The number of rotatable bonds is 6. The maximum absolute atomic E-state index is 11.6. The van der Waals surface area contributed by atoms with E-state index in [2.05, 4.69) is 10.3 Å².